The number of rotatable bonds is 5. The molecule has 0 spiro atoms. The van der Waals surface area contributed by atoms with Gasteiger partial charge < -0.3 is 4.90 Å². The third kappa shape index (κ3) is 4.52. The fourth-order valence-corrected chi connectivity index (χ4v) is 2.74. The van der Waals surface area contributed by atoms with Crippen LogP contribution in [-0.2, 0) is 0 Å². The standard InChI is InChI=1S/C14H19Cl3N2O/c1-4-19(5-2)13(14(15,16)17)18-12(20)11-9-7-6-8-10(11)3/h6-9,13H,4-5H2,1-3H3,(H,18,20)/p+1. The molecule has 3 nitrogen and oxygen atoms in total. The van der Waals surface area contributed by atoms with Gasteiger partial charge in [0.2, 0.25) is 6.17 Å². The Hall–Kier alpha value is -0.480. The van der Waals surface area contributed by atoms with Gasteiger partial charge in [-0.25, -0.2) is 0 Å². The molecule has 1 aromatic carbocycles. The minimum atomic E-state index is -1.56. The van der Waals surface area contributed by atoms with Crippen LogP contribution in [0, 0.1) is 6.92 Å². The van der Waals surface area contributed by atoms with Crippen LogP contribution >= 0.6 is 34.8 Å². The predicted octanol–water partition coefficient (Wildman–Crippen LogP) is 2.35. The molecule has 0 saturated carbocycles. The molecule has 0 radical (unpaired) electrons. The smallest absolute Gasteiger partial charge is 0.262 e. The van der Waals surface area contributed by atoms with Crippen molar-refractivity contribution in [2.24, 2.45) is 0 Å². The molecule has 2 N–H and O–H groups in total. The molecule has 1 aromatic rings. The van der Waals surface area contributed by atoms with Crippen LogP contribution in [0.2, 0.25) is 0 Å². The van der Waals surface area contributed by atoms with Gasteiger partial charge >= 0.3 is 0 Å². The van der Waals surface area contributed by atoms with E-state index in [0.717, 1.165) is 23.6 Å². The third-order valence-electron chi connectivity index (χ3n) is 3.31. The number of carbonyl (C=O) groups excluding carboxylic acids is 1. The van der Waals surface area contributed by atoms with Crippen LogP contribution < -0.4 is 10.2 Å². The van der Waals surface area contributed by atoms with E-state index in [2.05, 4.69) is 5.32 Å². The monoisotopic (exact) mass is 337 g/mol. The van der Waals surface area contributed by atoms with Gasteiger partial charge in [0, 0.05) is 5.56 Å². The molecule has 20 heavy (non-hydrogen) atoms. The topological polar surface area (TPSA) is 33.5 Å². The van der Waals surface area contributed by atoms with Crippen molar-refractivity contribution in [3.63, 3.8) is 0 Å². The lowest BCUT2D eigenvalue weighted by molar-refractivity contribution is -0.923. The van der Waals surface area contributed by atoms with Crippen molar-refractivity contribution >= 4 is 40.7 Å². The number of hydrogen-bond acceptors (Lipinski definition) is 1. The van der Waals surface area contributed by atoms with Gasteiger partial charge in [-0.2, -0.15) is 0 Å². The first-order valence-corrected chi connectivity index (χ1v) is 7.72. The molecule has 0 aliphatic rings. The van der Waals surface area contributed by atoms with Crippen molar-refractivity contribution in [2.75, 3.05) is 13.1 Å². The van der Waals surface area contributed by atoms with E-state index < -0.39 is 9.96 Å². The first-order chi connectivity index (χ1) is 9.31. The second-order valence-corrected chi connectivity index (χ2v) is 7.00. The zero-order chi connectivity index (χ0) is 15.3. The minimum absolute atomic E-state index is 0.223. The molecule has 0 heterocycles. The fourth-order valence-electron chi connectivity index (χ4n) is 2.11. The number of alkyl halides is 3. The summed E-state index contributed by atoms with van der Waals surface area (Å²) in [6.07, 6.45) is -0.588. The fraction of sp³-hybridized carbons (Fsp3) is 0.500. The van der Waals surface area contributed by atoms with Gasteiger partial charge in [0.1, 0.15) is 0 Å². The zero-order valence-electron chi connectivity index (χ0n) is 11.8. The van der Waals surface area contributed by atoms with Crippen molar-refractivity contribution < 1.29 is 9.69 Å². The Labute approximate surface area is 135 Å². The summed E-state index contributed by atoms with van der Waals surface area (Å²) in [6.45, 7) is 7.36. The number of quaternary nitrogens is 1. The number of nitrogens with one attached hydrogen (secondary N) is 2. The van der Waals surface area contributed by atoms with Crippen LogP contribution in [0.3, 0.4) is 0 Å². The molecule has 0 aliphatic carbocycles. The highest BCUT2D eigenvalue weighted by molar-refractivity contribution is 6.68. The minimum Gasteiger partial charge on any atom is -0.312 e. The molecule has 1 unspecified atom stereocenters. The Morgan fingerprint density at radius 1 is 1.25 bits per heavy atom. The van der Waals surface area contributed by atoms with E-state index in [1.807, 2.05) is 39.0 Å². The third-order valence-corrected chi connectivity index (χ3v) is 3.96. The van der Waals surface area contributed by atoms with Gasteiger partial charge in [-0.3, -0.25) is 10.1 Å². The number of hydrogen-bond donors (Lipinski definition) is 2. The summed E-state index contributed by atoms with van der Waals surface area (Å²) >= 11 is 18.1. The second-order valence-electron chi connectivity index (χ2n) is 4.63. The molecule has 1 amide bonds. The number of aryl methyl sites for hydroxylation is 1. The van der Waals surface area contributed by atoms with Crippen molar-refractivity contribution in [3.8, 4) is 0 Å². The van der Waals surface area contributed by atoms with Crippen molar-refractivity contribution in [3.05, 3.63) is 35.4 Å². The van der Waals surface area contributed by atoms with Gasteiger partial charge in [0.05, 0.1) is 13.1 Å². The summed E-state index contributed by atoms with van der Waals surface area (Å²) in [5.74, 6) is -0.223. The summed E-state index contributed by atoms with van der Waals surface area (Å²) in [6, 6.07) is 7.34. The van der Waals surface area contributed by atoms with E-state index in [9.17, 15) is 4.79 Å². The van der Waals surface area contributed by atoms with Gasteiger partial charge in [-0.05, 0) is 32.4 Å². The Kier molecular flexibility index (Phi) is 6.59. The molecule has 0 saturated heterocycles. The molecule has 0 bridgehead atoms. The van der Waals surface area contributed by atoms with Gasteiger partial charge in [-0.1, -0.05) is 53.0 Å². The highest BCUT2D eigenvalue weighted by atomic mass is 35.6. The van der Waals surface area contributed by atoms with Crippen LogP contribution in [0.5, 0.6) is 0 Å². The average Bonchev–Trinajstić information content (AvgIpc) is 2.38. The Morgan fingerprint density at radius 3 is 2.25 bits per heavy atom. The lowest BCUT2D eigenvalue weighted by atomic mass is 10.1. The summed E-state index contributed by atoms with van der Waals surface area (Å²) in [4.78, 5) is 13.4. The summed E-state index contributed by atoms with van der Waals surface area (Å²) in [5.41, 5.74) is 1.49. The molecule has 1 rings (SSSR count). The van der Waals surface area contributed by atoms with E-state index in [4.69, 9.17) is 34.8 Å². The molecular weight excluding hydrogens is 319 g/mol. The molecule has 1 atom stereocenters. The van der Waals surface area contributed by atoms with Gasteiger partial charge in [0.25, 0.3) is 9.70 Å². The summed E-state index contributed by atoms with van der Waals surface area (Å²) in [7, 11) is 0. The molecular formula is C14H20Cl3N2O+. The largest absolute Gasteiger partial charge is 0.312 e. The number of amides is 1. The summed E-state index contributed by atoms with van der Waals surface area (Å²) < 4.78 is -1.56. The van der Waals surface area contributed by atoms with Gasteiger partial charge in [-0.15, -0.1) is 0 Å². The van der Waals surface area contributed by atoms with E-state index in [1.54, 1.807) is 6.07 Å². The maximum Gasteiger partial charge on any atom is 0.262 e. The maximum atomic E-state index is 12.4. The summed E-state index contributed by atoms with van der Waals surface area (Å²) in [5, 5.41) is 2.84. The predicted molar refractivity (Wildman–Crippen MR) is 84.8 cm³/mol. The van der Waals surface area contributed by atoms with Crippen LogP contribution in [0.1, 0.15) is 29.8 Å². The number of carbonyl (C=O) groups is 1. The van der Waals surface area contributed by atoms with Crippen LogP contribution in [0.25, 0.3) is 0 Å². The van der Waals surface area contributed by atoms with Crippen LogP contribution in [0.15, 0.2) is 24.3 Å². The normalized spacial score (nSPS) is 13.3. The number of benzene rings is 1. The van der Waals surface area contributed by atoms with E-state index in [0.29, 0.717) is 5.56 Å². The molecule has 0 aliphatic heterocycles. The van der Waals surface area contributed by atoms with E-state index in [1.165, 1.54) is 0 Å². The van der Waals surface area contributed by atoms with Crippen LogP contribution in [0.4, 0.5) is 0 Å². The van der Waals surface area contributed by atoms with Crippen molar-refractivity contribution in [2.45, 2.75) is 30.7 Å². The maximum absolute atomic E-state index is 12.4. The van der Waals surface area contributed by atoms with Crippen LogP contribution in [-0.4, -0.2) is 29.0 Å². The molecule has 6 heteroatoms. The highest BCUT2D eigenvalue weighted by Crippen LogP contribution is 2.28. The SMILES string of the molecule is CC[NH+](CC)C(NC(=O)c1ccccc1C)C(Cl)(Cl)Cl. The second kappa shape index (κ2) is 7.51. The lowest BCUT2D eigenvalue weighted by Gasteiger charge is -2.32. The average molecular weight is 339 g/mol. The number of halogens is 3. The quantitative estimate of drug-likeness (QED) is 0.627. The highest BCUT2D eigenvalue weighted by Gasteiger charge is 2.41. The first kappa shape index (κ1) is 17.6. The Balaban J connectivity index is 2.96. The lowest BCUT2D eigenvalue weighted by Crippen LogP contribution is -3.18. The zero-order valence-corrected chi connectivity index (χ0v) is 14.1. The van der Waals surface area contributed by atoms with E-state index in [-0.39, 0.29) is 5.91 Å². The molecule has 0 fully saturated rings. The van der Waals surface area contributed by atoms with Gasteiger partial charge in [0.15, 0.2) is 0 Å². The van der Waals surface area contributed by atoms with Crippen molar-refractivity contribution in [1.82, 2.24) is 5.32 Å². The molecule has 112 valence electrons. The Morgan fingerprint density at radius 2 is 1.80 bits per heavy atom. The van der Waals surface area contributed by atoms with E-state index >= 15 is 0 Å². The first-order valence-electron chi connectivity index (χ1n) is 6.59. The molecule has 0 aromatic heterocycles. The van der Waals surface area contributed by atoms with Crippen molar-refractivity contribution in [1.29, 1.82) is 0 Å². The Bertz CT molecular complexity index is 456.